The average Bonchev–Trinajstić information content (AvgIpc) is 2.05. The van der Waals surface area contributed by atoms with Gasteiger partial charge in [-0.15, -0.1) is 0 Å². The minimum atomic E-state index is -0.481. The lowest BCUT2D eigenvalue weighted by atomic mass is 9.98. The number of hydrogen-bond acceptors (Lipinski definition) is 2. The SMILES string of the molecule is O=C(Cl)C=COC1CCCCC1. The highest BCUT2D eigenvalue weighted by Gasteiger charge is 2.12. The Kier molecular flexibility index (Phi) is 4.15. The zero-order valence-electron chi connectivity index (χ0n) is 6.96. The molecule has 0 N–H and O–H groups in total. The van der Waals surface area contributed by atoms with Gasteiger partial charge in [0.15, 0.2) is 0 Å². The molecule has 0 bridgehead atoms. The van der Waals surface area contributed by atoms with Crippen LogP contribution in [0.15, 0.2) is 12.3 Å². The molecule has 0 unspecified atom stereocenters. The molecule has 0 saturated heterocycles. The van der Waals surface area contributed by atoms with E-state index >= 15 is 0 Å². The standard InChI is InChI=1S/C9H13ClO2/c10-9(11)6-7-12-8-4-2-1-3-5-8/h6-8H,1-5H2. The summed E-state index contributed by atoms with van der Waals surface area (Å²) in [7, 11) is 0. The van der Waals surface area contributed by atoms with E-state index in [9.17, 15) is 4.79 Å². The largest absolute Gasteiger partial charge is 0.498 e. The molecule has 0 amide bonds. The van der Waals surface area contributed by atoms with Crippen LogP contribution in [0.3, 0.4) is 0 Å². The quantitative estimate of drug-likeness (QED) is 0.387. The fourth-order valence-electron chi connectivity index (χ4n) is 1.41. The Balaban J connectivity index is 2.17. The highest BCUT2D eigenvalue weighted by Crippen LogP contribution is 2.20. The van der Waals surface area contributed by atoms with Crippen LogP contribution in [0.1, 0.15) is 32.1 Å². The van der Waals surface area contributed by atoms with Gasteiger partial charge in [-0.3, -0.25) is 4.79 Å². The lowest BCUT2D eigenvalue weighted by Gasteiger charge is -2.20. The predicted octanol–water partition coefficient (Wildman–Crippen LogP) is 2.61. The summed E-state index contributed by atoms with van der Waals surface area (Å²) in [6.45, 7) is 0. The number of ether oxygens (including phenoxy) is 1. The van der Waals surface area contributed by atoms with E-state index in [1.54, 1.807) is 0 Å². The summed E-state index contributed by atoms with van der Waals surface area (Å²) in [6, 6.07) is 0. The van der Waals surface area contributed by atoms with Crippen LogP contribution in [0, 0.1) is 0 Å². The molecule has 0 aromatic heterocycles. The highest BCUT2D eigenvalue weighted by atomic mass is 35.5. The second kappa shape index (κ2) is 5.20. The van der Waals surface area contributed by atoms with E-state index in [0.717, 1.165) is 12.8 Å². The maximum absolute atomic E-state index is 10.3. The van der Waals surface area contributed by atoms with Gasteiger partial charge in [0.1, 0.15) is 0 Å². The van der Waals surface area contributed by atoms with E-state index in [-0.39, 0.29) is 0 Å². The second-order valence-corrected chi connectivity index (χ2v) is 3.38. The summed E-state index contributed by atoms with van der Waals surface area (Å²) in [5.74, 6) is 0. The van der Waals surface area contributed by atoms with Crippen molar-refractivity contribution >= 4 is 16.8 Å². The Morgan fingerprint density at radius 2 is 2.00 bits per heavy atom. The topological polar surface area (TPSA) is 26.3 Å². The minimum absolute atomic E-state index is 0.297. The number of hydrogen-bond donors (Lipinski definition) is 0. The molecule has 0 aromatic rings. The van der Waals surface area contributed by atoms with E-state index in [0.29, 0.717) is 6.10 Å². The van der Waals surface area contributed by atoms with Crippen molar-refractivity contribution in [1.29, 1.82) is 0 Å². The number of rotatable bonds is 3. The molecule has 12 heavy (non-hydrogen) atoms. The summed E-state index contributed by atoms with van der Waals surface area (Å²) < 4.78 is 5.31. The summed E-state index contributed by atoms with van der Waals surface area (Å²) in [6.07, 6.45) is 8.91. The molecule has 0 aliphatic heterocycles. The van der Waals surface area contributed by atoms with Crippen molar-refractivity contribution in [3.05, 3.63) is 12.3 Å². The molecule has 3 heteroatoms. The third-order valence-electron chi connectivity index (χ3n) is 2.02. The van der Waals surface area contributed by atoms with E-state index in [1.807, 2.05) is 0 Å². The molecule has 0 atom stereocenters. The third-order valence-corrected chi connectivity index (χ3v) is 2.15. The molecule has 0 spiro atoms. The Bertz CT molecular complexity index is 171. The van der Waals surface area contributed by atoms with E-state index in [4.69, 9.17) is 16.3 Å². The van der Waals surface area contributed by atoms with Gasteiger partial charge in [-0.2, -0.15) is 0 Å². The van der Waals surface area contributed by atoms with Gasteiger partial charge in [0.25, 0.3) is 0 Å². The van der Waals surface area contributed by atoms with Gasteiger partial charge in [-0.1, -0.05) is 6.42 Å². The number of allylic oxidation sites excluding steroid dienone is 1. The van der Waals surface area contributed by atoms with Crippen LogP contribution in [-0.4, -0.2) is 11.3 Å². The third kappa shape index (κ3) is 3.77. The Morgan fingerprint density at radius 1 is 1.33 bits per heavy atom. The van der Waals surface area contributed by atoms with Crippen molar-refractivity contribution in [3.8, 4) is 0 Å². The Morgan fingerprint density at radius 3 is 2.58 bits per heavy atom. The number of carbonyl (C=O) groups excluding carboxylic acids is 1. The molecule has 68 valence electrons. The molecule has 0 aromatic carbocycles. The first-order chi connectivity index (χ1) is 5.79. The van der Waals surface area contributed by atoms with Gasteiger partial charge in [0.05, 0.1) is 12.4 Å². The zero-order valence-corrected chi connectivity index (χ0v) is 7.72. The summed E-state index contributed by atoms with van der Waals surface area (Å²) >= 11 is 5.09. The summed E-state index contributed by atoms with van der Waals surface area (Å²) in [5.41, 5.74) is 0. The van der Waals surface area contributed by atoms with Crippen molar-refractivity contribution in [2.75, 3.05) is 0 Å². The summed E-state index contributed by atoms with van der Waals surface area (Å²) in [4.78, 5) is 10.3. The number of carbonyl (C=O) groups is 1. The van der Waals surface area contributed by atoms with Crippen LogP contribution in [0.4, 0.5) is 0 Å². The van der Waals surface area contributed by atoms with Crippen LogP contribution in [0.25, 0.3) is 0 Å². The average molecular weight is 189 g/mol. The lowest BCUT2D eigenvalue weighted by Crippen LogP contribution is -2.13. The van der Waals surface area contributed by atoms with Gasteiger partial charge >= 0.3 is 0 Å². The Labute approximate surface area is 77.5 Å². The van der Waals surface area contributed by atoms with Gasteiger partial charge in [-0.05, 0) is 37.3 Å². The highest BCUT2D eigenvalue weighted by molar-refractivity contribution is 6.66. The smallest absolute Gasteiger partial charge is 0.248 e. The van der Waals surface area contributed by atoms with Crippen LogP contribution in [-0.2, 0) is 9.53 Å². The van der Waals surface area contributed by atoms with Crippen molar-refractivity contribution in [1.82, 2.24) is 0 Å². The van der Waals surface area contributed by atoms with Crippen molar-refractivity contribution in [2.45, 2.75) is 38.2 Å². The van der Waals surface area contributed by atoms with Gasteiger partial charge in [0.2, 0.25) is 5.24 Å². The van der Waals surface area contributed by atoms with Crippen LogP contribution in [0.5, 0.6) is 0 Å². The molecule has 0 radical (unpaired) electrons. The summed E-state index contributed by atoms with van der Waals surface area (Å²) in [5, 5.41) is -0.481. The van der Waals surface area contributed by atoms with Gasteiger partial charge in [0, 0.05) is 6.08 Å². The molecular weight excluding hydrogens is 176 g/mol. The fourth-order valence-corrected chi connectivity index (χ4v) is 1.46. The van der Waals surface area contributed by atoms with Gasteiger partial charge in [-0.25, -0.2) is 0 Å². The van der Waals surface area contributed by atoms with Crippen molar-refractivity contribution < 1.29 is 9.53 Å². The minimum Gasteiger partial charge on any atom is -0.498 e. The lowest BCUT2D eigenvalue weighted by molar-refractivity contribution is -0.107. The molecule has 1 saturated carbocycles. The maximum atomic E-state index is 10.3. The second-order valence-electron chi connectivity index (χ2n) is 3.00. The van der Waals surface area contributed by atoms with Crippen molar-refractivity contribution in [2.24, 2.45) is 0 Å². The van der Waals surface area contributed by atoms with Gasteiger partial charge < -0.3 is 4.74 Å². The maximum Gasteiger partial charge on any atom is 0.248 e. The normalized spacial score (nSPS) is 19.8. The molecular formula is C9H13ClO2. The molecule has 1 aliphatic carbocycles. The molecule has 2 nitrogen and oxygen atoms in total. The monoisotopic (exact) mass is 188 g/mol. The van der Waals surface area contributed by atoms with E-state index in [2.05, 4.69) is 0 Å². The van der Waals surface area contributed by atoms with Crippen LogP contribution < -0.4 is 0 Å². The first kappa shape index (κ1) is 9.59. The number of halogens is 1. The van der Waals surface area contributed by atoms with Crippen molar-refractivity contribution in [3.63, 3.8) is 0 Å². The molecule has 1 fully saturated rings. The fraction of sp³-hybridized carbons (Fsp3) is 0.667. The van der Waals surface area contributed by atoms with E-state index < -0.39 is 5.24 Å². The first-order valence-electron chi connectivity index (χ1n) is 4.30. The first-order valence-corrected chi connectivity index (χ1v) is 4.68. The van der Waals surface area contributed by atoms with E-state index in [1.165, 1.54) is 31.6 Å². The predicted molar refractivity (Wildman–Crippen MR) is 48.0 cm³/mol. The molecule has 1 aliphatic rings. The molecule has 1 rings (SSSR count). The van der Waals surface area contributed by atoms with Crippen LogP contribution >= 0.6 is 11.6 Å². The Hall–Kier alpha value is -0.500. The molecule has 0 heterocycles. The van der Waals surface area contributed by atoms with Crippen LogP contribution in [0.2, 0.25) is 0 Å². The zero-order chi connectivity index (χ0) is 8.81.